The Labute approximate surface area is 99.2 Å². The molecule has 0 radical (unpaired) electrons. The molecule has 2 nitrogen and oxygen atoms in total. The minimum Gasteiger partial charge on any atom is -0.299 e. The topological polar surface area (TPSA) is 20.3 Å². The van der Waals surface area contributed by atoms with E-state index in [9.17, 15) is 18.0 Å². The average molecular weight is 249 g/mol. The predicted molar refractivity (Wildman–Crippen MR) is 57.6 cm³/mol. The molecule has 0 aromatic carbocycles. The van der Waals surface area contributed by atoms with Crippen LogP contribution in [0.3, 0.4) is 0 Å². The fourth-order valence-corrected chi connectivity index (χ4v) is 3.15. The average Bonchev–Trinajstić information content (AvgIpc) is 2.64. The van der Waals surface area contributed by atoms with Gasteiger partial charge < -0.3 is 0 Å². The molecule has 2 rings (SSSR count). The number of likely N-dealkylation sites (tertiary alicyclic amines) is 1. The van der Waals surface area contributed by atoms with Crippen molar-refractivity contribution in [1.29, 1.82) is 0 Å². The van der Waals surface area contributed by atoms with Gasteiger partial charge in [-0.05, 0) is 32.2 Å². The second-order valence-electron chi connectivity index (χ2n) is 5.11. The fraction of sp³-hybridized carbons (Fsp3) is 0.917. The molecule has 2 atom stereocenters. The summed E-state index contributed by atoms with van der Waals surface area (Å²) in [5.74, 6) is 0.0314. The first-order chi connectivity index (χ1) is 7.97. The minimum atomic E-state index is -4.15. The Balaban J connectivity index is 2.01. The fourth-order valence-electron chi connectivity index (χ4n) is 3.15. The van der Waals surface area contributed by atoms with E-state index in [1.165, 1.54) is 4.90 Å². The monoisotopic (exact) mass is 249 g/mol. The van der Waals surface area contributed by atoms with Gasteiger partial charge in [0.05, 0.1) is 6.54 Å². The Kier molecular flexibility index (Phi) is 3.76. The molecule has 0 amide bonds. The van der Waals surface area contributed by atoms with Crippen LogP contribution < -0.4 is 0 Å². The number of alkyl halides is 3. The van der Waals surface area contributed by atoms with Crippen LogP contribution in [0.2, 0.25) is 0 Å². The molecule has 0 N–H and O–H groups in total. The van der Waals surface area contributed by atoms with Gasteiger partial charge in [0.1, 0.15) is 5.78 Å². The molecule has 17 heavy (non-hydrogen) atoms. The van der Waals surface area contributed by atoms with Gasteiger partial charge in [-0.1, -0.05) is 6.42 Å². The first-order valence-corrected chi connectivity index (χ1v) is 6.31. The number of nitrogens with zero attached hydrogens (tertiary/aromatic N) is 1. The van der Waals surface area contributed by atoms with Crippen molar-refractivity contribution in [3.05, 3.63) is 0 Å². The number of halogens is 3. The molecule has 5 heteroatoms. The SMILES string of the molecule is O=C1CCCCC1C1CCCN1CC(F)(F)F. The highest BCUT2D eigenvalue weighted by atomic mass is 19.4. The summed E-state index contributed by atoms with van der Waals surface area (Å²) in [5.41, 5.74) is 0. The van der Waals surface area contributed by atoms with E-state index in [-0.39, 0.29) is 17.7 Å². The van der Waals surface area contributed by atoms with Gasteiger partial charge >= 0.3 is 6.18 Å². The van der Waals surface area contributed by atoms with E-state index in [1.807, 2.05) is 0 Å². The Hall–Kier alpha value is -0.580. The van der Waals surface area contributed by atoms with E-state index in [0.29, 0.717) is 13.0 Å². The minimum absolute atomic E-state index is 0.145. The van der Waals surface area contributed by atoms with Gasteiger partial charge in [0.15, 0.2) is 0 Å². The maximum atomic E-state index is 12.4. The van der Waals surface area contributed by atoms with Crippen molar-refractivity contribution >= 4 is 5.78 Å². The molecule has 1 aliphatic carbocycles. The molecule has 1 saturated heterocycles. The van der Waals surface area contributed by atoms with Gasteiger partial charge in [-0.3, -0.25) is 9.69 Å². The lowest BCUT2D eigenvalue weighted by Crippen LogP contribution is -2.44. The van der Waals surface area contributed by atoms with Crippen molar-refractivity contribution in [2.24, 2.45) is 5.92 Å². The third kappa shape index (κ3) is 3.21. The summed E-state index contributed by atoms with van der Waals surface area (Å²) >= 11 is 0. The van der Waals surface area contributed by atoms with Gasteiger partial charge in [-0.2, -0.15) is 13.2 Å². The van der Waals surface area contributed by atoms with Crippen LogP contribution in [0.1, 0.15) is 38.5 Å². The van der Waals surface area contributed by atoms with E-state index in [1.54, 1.807) is 0 Å². The molecule has 0 aromatic rings. The second kappa shape index (κ2) is 4.96. The highest BCUT2D eigenvalue weighted by molar-refractivity contribution is 5.82. The standard InChI is InChI=1S/C12H18F3NO/c13-12(14,15)8-16-7-3-5-10(16)9-4-1-2-6-11(9)17/h9-10H,1-8H2. The zero-order valence-electron chi connectivity index (χ0n) is 9.80. The van der Waals surface area contributed by atoms with Gasteiger partial charge in [0, 0.05) is 18.4 Å². The molecule has 2 aliphatic rings. The van der Waals surface area contributed by atoms with Crippen LogP contribution in [-0.4, -0.2) is 36.0 Å². The van der Waals surface area contributed by atoms with E-state index in [0.717, 1.165) is 32.1 Å². The third-order valence-corrected chi connectivity index (χ3v) is 3.86. The molecule has 1 saturated carbocycles. The normalized spacial score (nSPS) is 32.1. The maximum Gasteiger partial charge on any atom is 0.401 e. The lowest BCUT2D eigenvalue weighted by molar-refractivity contribution is -0.152. The number of carbonyl (C=O) groups excluding carboxylic acids is 1. The van der Waals surface area contributed by atoms with Crippen LogP contribution in [0.25, 0.3) is 0 Å². The van der Waals surface area contributed by atoms with Crippen molar-refractivity contribution in [2.75, 3.05) is 13.1 Å². The van der Waals surface area contributed by atoms with Gasteiger partial charge in [0.25, 0.3) is 0 Å². The second-order valence-corrected chi connectivity index (χ2v) is 5.11. The molecular weight excluding hydrogens is 231 g/mol. The number of carbonyl (C=O) groups is 1. The number of Topliss-reactive ketones (excluding diaryl/α,β-unsaturated/α-hetero) is 1. The van der Waals surface area contributed by atoms with Crippen LogP contribution in [0.5, 0.6) is 0 Å². The van der Waals surface area contributed by atoms with Gasteiger partial charge in [0.2, 0.25) is 0 Å². The molecule has 98 valence electrons. The zero-order valence-corrected chi connectivity index (χ0v) is 9.80. The molecule has 0 bridgehead atoms. The highest BCUT2D eigenvalue weighted by Crippen LogP contribution is 2.33. The van der Waals surface area contributed by atoms with Crippen LogP contribution in [0.4, 0.5) is 13.2 Å². The summed E-state index contributed by atoms with van der Waals surface area (Å²) in [6, 6.07) is -0.163. The van der Waals surface area contributed by atoms with Crippen LogP contribution >= 0.6 is 0 Å². The number of ketones is 1. The smallest absolute Gasteiger partial charge is 0.299 e. The predicted octanol–water partition coefficient (Wildman–Crippen LogP) is 2.77. The van der Waals surface area contributed by atoms with Crippen molar-refractivity contribution in [3.63, 3.8) is 0 Å². The molecule has 0 spiro atoms. The number of rotatable bonds is 2. The van der Waals surface area contributed by atoms with Crippen molar-refractivity contribution in [2.45, 2.75) is 50.7 Å². The summed E-state index contributed by atoms with van der Waals surface area (Å²) in [6.45, 7) is -0.380. The number of hydrogen-bond acceptors (Lipinski definition) is 2. The Morgan fingerprint density at radius 2 is 1.94 bits per heavy atom. The zero-order chi connectivity index (χ0) is 12.5. The summed E-state index contributed by atoms with van der Waals surface area (Å²) < 4.78 is 37.3. The largest absolute Gasteiger partial charge is 0.401 e. The molecular formula is C12H18F3NO. The van der Waals surface area contributed by atoms with Gasteiger partial charge in [-0.25, -0.2) is 0 Å². The first-order valence-electron chi connectivity index (χ1n) is 6.31. The summed E-state index contributed by atoms with van der Waals surface area (Å²) in [7, 11) is 0. The van der Waals surface area contributed by atoms with E-state index < -0.39 is 12.7 Å². The Morgan fingerprint density at radius 3 is 2.59 bits per heavy atom. The lowest BCUT2D eigenvalue weighted by atomic mass is 9.82. The Bertz CT molecular complexity index is 290. The van der Waals surface area contributed by atoms with Crippen molar-refractivity contribution in [1.82, 2.24) is 4.90 Å². The summed E-state index contributed by atoms with van der Waals surface area (Å²) in [4.78, 5) is 13.3. The quantitative estimate of drug-likeness (QED) is 0.750. The first kappa shape index (κ1) is 12.9. The van der Waals surface area contributed by atoms with Crippen molar-refractivity contribution < 1.29 is 18.0 Å². The number of hydrogen-bond donors (Lipinski definition) is 0. The lowest BCUT2D eigenvalue weighted by Gasteiger charge is -2.33. The molecule has 2 fully saturated rings. The summed E-state index contributed by atoms with van der Waals surface area (Å²) in [6.07, 6.45) is 0.588. The van der Waals surface area contributed by atoms with Gasteiger partial charge in [-0.15, -0.1) is 0 Å². The summed E-state index contributed by atoms with van der Waals surface area (Å²) in [5, 5.41) is 0. The molecule has 1 aliphatic heterocycles. The van der Waals surface area contributed by atoms with E-state index in [2.05, 4.69) is 0 Å². The molecule has 1 heterocycles. The van der Waals surface area contributed by atoms with Crippen LogP contribution in [0.15, 0.2) is 0 Å². The third-order valence-electron chi connectivity index (χ3n) is 3.86. The highest BCUT2D eigenvalue weighted by Gasteiger charge is 2.41. The maximum absolute atomic E-state index is 12.4. The van der Waals surface area contributed by atoms with E-state index >= 15 is 0 Å². The van der Waals surface area contributed by atoms with E-state index in [4.69, 9.17) is 0 Å². The molecule has 0 aromatic heterocycles. The van der Waals surface area contributed by atoms with Crippen LogP contribution in [0, 0.1) is 5.92 Å². The Morgan fingerprint density at radius 1 is 1.18 bits per heavy atom. The molecule has 2 unspecified atom stereocenters. The van der Waals surface area contributed by atoms with Crippen molar-refractivity contribution in [3.8, 4) is 0 Å². The van der Waals surface area contributed by atoms with Crippen LogP contribution in [-0.2, 0) is 4.79 Å².